The third-order valence-electron chi connectivity index (χ3n) is 2.46. The van der Waals surface area contributed by atoms with Gasteiger partial charge in [-0.2, -0.15) is 0 Å². The van der Waals surface area contributed by atoms with E-state index in [1.54, 1.807) is 6.20 Å². The Balaban J connectivity index is 1.99. The highest BCUT2D eigenvalue weighted by atomic mass is 16.5. The van der Waals surface area contributed by atoms with Crippen LogP contribution in [0.1, 0.15) is 24.9 Å². The fourth-order valence-corrected chi connectivity index (χ4v) is 1.60. The van der Waals surface area contributed by atoms with E-state index in [0.717, 1.165) is 29.5 Å². The van der Waals surface area contributed by atoms with Crippen LogP contribution in [0.5, 0.6) is 5.75 Å². The van der Waals surface area contributed by atoms with E-state index in [0.29, 0.717) is 13.2 Å². The molecule has 0 bridgehead atoms. The molecule has 2 rings (SSSR count). The van der Waals surface area contributed by atoms with Crippen LogP contribution in [-0.4, -0.2) is 11.6 Å². The molecule has 0 saturated heterocycles. The maximum atomic E-state index is 5.62. The zero-order valence-electron chi connectivity index (χ0n) is 10.8. The van der Waals surface area contributed by atoms with Crippen molar-refractivity contribution in [2.24, 2.45) is 0 Å². The summed E-state index contributed by atoms with van der Waals surface area (Å²) in [6.07, 6.45) is 2.72. The molecule has 0 radical (unpaired) electrons. The molecule has 0 atom stereocenters. The summed E-state index contributed by atoms with van der Waals surface area (Å²) in [5.41, 5.74) is 0. The van der Waals surface area contributed by atoms with Crippen molar-refractivity contribution >= 4 is 5.82 Å². The highest BCUT2D eigenvalue weighted by Gasteiger charge is 2.05. The molecule has 4 heteroatoms. The lowest BCUT2D eigenvalue weighted by Gasteiger charge is -2.10. The predicted molar refractivity (Wildman–Crippen MR) is 70.8 cm³/mol. The van der Waals surface area contributed by atoms with Crippen LogP contribution in [0.15, 0.2) is 34.9 Å². The molecule has 0 unspecified atom stereocenters. The van der Waals surface area contributed by atoms with E-state index in [1.165, 1.54) is 0 Å². The topological polar surface area (TPSA) is 47.3 Å². The zero-order chi connectivity index (χ0) is 12.8. The molecule has 0 aromatic carbocycles. The van der Waals surface area contributed by atoms with E-state index < -0.39 is 0 Å². The average Bonchev–Trinajstić information content (AvgIpc) is 2.81. The Kier molecular flexibility index (Phi) is 4.23. The van der Waals surface area contributed by atoms with E-state index >= 15 is 0 Å². The van der Waals surface area contributed by atoms with Gasteiger partial charge in [0.05, 0.1) is 13.2 Å². The SMILES string of the molecule is CCCOc1cccnc1NCc1ccc(C)o1. The summed E-state index contributed by atoms with van der Waals surface area (Å²) >= 11 is 0. The van der Waals surface area contributed by atoms with E-state index in [-0.39, 0.29) is 0 Å². The van der Waals surface area contributed by atoms with Crippen LogP contribution in [0.3, 0.4) is 0 Å². The van der Waals surface area contributed by atoms with E-state index in [9.17, 15) is 0 Å². The molecule has 0 aliphatic heterocycles. The lowest BCUT2D eigenvalue weighted by molar-refractivity contribution is 0.317. The fraction of sp³-hybridized carbons (Fsp3) is 0.357. The van der Waals surface area contributed by atoms with E-state index in [1.807, 2.05) is 31.2 Å². The molecule has 2 aromatic rings. The van der Waals surface area contributed by atoms with Gasteiger partial charge in [-0.05, 0) is 37.6 Å². The summed E-state index contributed by atoms with van der Waals surface area (Å²) in [6.45, 7) is 5.31. The largest absolute Gasteiger partial charge is 0.490 e. The van der Waals surface area contributed by atoms with Gasteiger partial charge in [0.2, 0.25) is 0 Å². The molecule has 2 heterocycles. The summed E-state index contributed by atoms with van der Waals surface area (Å²) in [5.74, 6) is 3.33. The molecule has 0 aliphatic rings. The third-order valence-corrected chi connectivity index (χ3v) is 2.46. The van der Waals surface area contributed by atoms with Crippen molar-refractivity contribution in [2.75, 3.05) is 11.9 Å². The number of aromatic nitrogens is 1. The standard InChI is InChI=1S/C14H18N2O2/c1-3-9-17-13-5-4-8-15-14(13)16-10-12-7-6-11(2)18-12/h4-8H,3,9-10H2,1-2H3,(H,15,16). The van der Waals surface area contributed by atoms with E-state index in [4.69, 9.17) is 9.15 Å². The lowest BCUT2D eigenvalue weighted by Crippen LogP contribution is -2.04. The van der Waals surface area contributed by atoms with Crippen molar-refractivity contribution < 1.29 is 9.15 Å². The summed E-state index contributed by atoms with van der Waals surface area (Å²) in [6, 6.07) is 7.69. The molecule has 4 nitrogen and oxygen atoms in total. The van der Waals surface area contributed by atoms with Crippen molar-refractivity contribution in [1.29, 1.82) is 0 Å². The van der Waals surface area contributed by atoms with Crippen molar-refractivity contribution in [2.45, 2.75) is 26.8 Å². The number of ether oxygens (including phenoxy) is 1. The molecule has 18 heavy (non-hydrogen) atoms. The molecular weight excluding hydrogens is 228 g/mol. The molecule has 0 amide bonds. The lowest BCUT2D eigenvalue weighted by atomic mass is 10.4. The molecule has 0 spiro atoms. The summed E-state index contributed by atoms with van der Waals surface area (Å²) in [5, 5.41) is 3.22. The first-order valence-corrected chi connectivity index (χ1v) is 6.16. The van der Waals surface area contributed by atoms with Crippen molar-refractivity contribution in [3.05, 3.63) is 42.0 Å². The Morgan fingerprint density at radius 3 is 2.94 bits per heavy atom. The minimum atomic E-state index is 0.605. The quantitative estimate of drug-likeness (QED) is 0.848. The Morgan fingerprint density at radius 1 is 1.33 bits per heavy atom. The van der Waals surface area contributed by atoms with Gasteiger partial charge in [0.1, 0.15) is 11.5 Å². The van der Waals surface area contributed by atoms with Crippen molar-refractivity contribution in [3.63, 3.8) is 0 Å². The van der Waals surface area contributed by atoms with Gasteiger partial charge < -0.3 is 14.5 Å². The van der Waals surface area contributed by atoms with E-state index in [2.05, 4.69) is 17.2 Å². The van der Waals surface area contributed by atoms with Crippen LogP contribution >= 0.6 is 0 Å². The Labute approximate surface area is 107 Å². The number of hydrogen-bond donors (Lipinski definition) is 1. The summed E-state index contributed by atoms with van der Waals surface area (Å²) in [7, 11) is 0. The van der Waals surface area contributed by atoms with Gasteiger partial charge in [0.25, 0.3) is 0 Å². The first-order chi connectivity index (χ1) is 8.79. The molecule has 0 aliphatic carbocycles. The molecule has 0 saturated carbocycles. The summed E-state index contributed by atoms with van der Waals surface area (Å²) in [4.78, 5) is 4.28. The monoisotopic (exact) mass is 246 g/mol. The second-order valence-corrected chi connectivity index (χ2v) is 4.06. The maximum Gasteiger partial charge on any atom is 0.169 e. The second-order valence-electron chi connectivity index (χ2n) is 4.06. The second kappa shape index (κ2) is 6.10. The Morgan fingerprint density at radius 2 is 2.22 bits per heavy atom. The number of rotatable bonds is 6. The first kappa shape index (κ1) is 12.5. The molecule has 1 N–H and O–H groups in total. The average molecular weight is 246 g/mol. The predicted octanol–water partition coefficient (Wildman–Crippen LogP) is 3.38. The Hall–Kier alpha value is -1.97. The van der Waals surface area contributed by atoms with Gasteiger partial charge in [0.15, 0.2) is 11.6 Å². The van der Waals surface area contributed by atoms with Gasteiger partial charge in [-0.1, -0.05) is 6.92 Å². The molecule has 96 valence electrons. The first-order valence-electron chi connectivity index (χ1n) is 6.16. The number of pyridine rings is 1. The van der Waals surface area contributed by atoms with Crippen LogP contribution in [0, 0.1) is 6.92 Å². The van der Waals surface area contributed by atoms with Gasteiger partial charge in [0, 0.05) is 6.20 Å². The van der Waals surface area contributed by atoms with Crippen molar-refractivity contribution in [3.8, 4) is 5.75 Å². The van der Waals surface area contributed by atoms with Crippen LogP contribution in [0.25, 0.3) is 0 Å². The van der Waals surface area contributed by atoms with Gasteiger partial charge in [-0.15, -0.1) is 0 Å². The van der Waals surface area contributed by atoms with Gasteiger partial charge in [-0.3, -0.25) is 0 Å². The molecule has 0 fully saturated rings. The van der Waals surface area contributed by atoms with Crippen molar-refractivity contribution in [1.82, 2.24) is 4.98 Å². The highest BCUT2D eigenvalue weighted by Crippen LogP contribution is 2.21. The molecular formula is C14H18N2O2. The number of furan rings is 1. The summed E-state index contributed by atoms with van der Waals surface area (Å²) < 4.78 is 11.1. The van der Waals surface area contributed by atoms with Crippen LogP contribution in [-0.2, 0) is 6.54 Å². The minimum absolute atomic E-state index is 0.605. The molecule has 2 aromatic heterocycles. The van der Waals surface area contributed by atoms with Gasteiger partial charge >= 0.3 is 0 Å². The smallest absolute Gasteiger partial charge is 0.169 e. The minimum Gasteiger partial charge on any atom is -0.490 e. The highest BCUT2D eigenvalue weighted by molar-refractivity contribution is 5.49. The van der Waals surface area contributed by atoms with Crippen LogP contribution < -0.4 is 10.1 Å². The number of anilines is 1. The number of nitrogens with zero attached hydrogens (tertiary/aromatic N) is 1. The van der Waals surface area contributed by atoms with Crippen LogP contribution in [0.2, 0.25) is 0 Å². The third kappa shape index (κ3) is 3.26. The maximum absolute atomic E-state index is 5.62. The Bertz CT molecular complexity index is 494. The fourth-order valence-electron chi connectivity index (χ4n) is 1.60. The van der Waals surface area contributed by atoms with Gasteiger partial charge in [-0.25, -0.2) is 4.98 Å². The number of nitrogens with one attached hydrogen (secondary N) is 1. The number of hydrogen-bond acceptors (Lipinski definition) is 4. The number of aryl methyl sites for hydroxylation is 1. The van der Waals surface area contributed by atoms with Crippen LogP contribution in [0.4, 0.5) is 5.82 Å². The zero-order valence-corrected chi connectivity index (χ0v) is 10.8. The normalized spacial score (nSPS) is 10.3.